The van der Waals surface area contributed by atoms with Crippen LogP contribution in [0.4, 0.5) is 4.79 Å². The number of rotatable bonds is 14. The highest BCUT2D eigenvalue weighted by atomic mass is 16.6. The first-order valence-electron chi connectivity index (χ1n) is 12.7. The first kappa shape index (κ1) is 30.5. The monoisotopic (exact) mass is 491 g/mol. The van der Waals surface area contributed by atoms with E-state index in [4.69, 9.17) is 14.2 Å². The van der Waals surface area contributed by atoms with Crippen LogP contribution in [-0.2, 0) is 30.2 Å². The molecule has 1 rings (SSSR count). The summed E-state index contributed by atoms with van der Waals surface area (Å²) >= 11 is 0. The van der Waals surface area contributed by atoms with Gasteiger partial charge >= 0.3 is 18.0 Å². The second-order valence-corrected chi connectivity index (χ2v) is 10.2. The van der Waals surface area contributed by atoms with Crippen molar-refractivity contribution in [1.82, 2.24) is 5.32 Å². The van der Waals surface area contributed by atoms with Crippen molar-refractivity contribution in [3.05, 3.63) is 35.9 Å². The average Bonchev–Trinajstić information content (AvgIpc) is 2.76. The highest BCUT2D eigenvalue weighted by molar-refractivity contribution is 5.81. The van der Waals surface area contributed by atoms with Crippen molar-refractivity contribution in [1.29, 1.82) is 0 Å². The molecule has 7 nitrogen and oxygen atoms in total. The van der Waals surface area contributed by atoms with E-state index in [1.165, 1.54) is 19.6 Å². The van der Waals surface area contributed by atoms with Gasteiger partial charge in [-0.3, -0.25) is 4.79 Å². The molecule has 0 aliphatic rings. The molecule has 0 aromatic heterocycles. The number of benzene rings is 1. The van der Waals surface area contributed by atoms with Crippen LogP contribution >= 0.6 is 0 Å². The largest absolute Gasteiger partial charge is 0.467 e. The highest BCUT2D eigenvalue weighted by Crippen LogP contribution is 2.32. The molecule has 4 atom stereocenters. The van der Waals surface area contributed by atoms with Gasteiger partial charge in [0.15, 0.2) is 0 Å². The normalized spacial score (nSPS) is 14.8. The predicted octanol–water partition coefficient (Wildman–Crippen LogP) is 5.84. The number of carbonyl (C=O) groups is 3. The lowest BCUT2D eigenvalue weighted by Crippen LogP contribution is -2.44. The summed E-state index contributed by atoms with van der Waals surface area (Å²) in [6.45, 7) is 10.9. The summed E-state index contributed by atoms with van der Waals surface area (Å²) in [5.41, 5.74) is 0.565. The van der Waals surface area contributed by atoms with Crippen molar-refractivity contribution < 1.29 is 28.6 Å². The molecular weight excluding hydrogens is 446 g/mol. The summed E-state index contributed by atoms with van der Waals surface area (Å²) in [5.74, 6) is -0.330. The molecular formula is C28H45NO6. The second kappa shape index (κ2) is 15.4. The van der Waals surface area contributed by atoms with Gasteiger partial charge < -0.3 is 19.5 Å². The van der Waals surface area contributed by atoms with Crippen molar-refractivity contribution in [2.45, 2.75) is 104 Å². The zero-order valence-corrected chi connectivity index (χ0v) is 22.6. The number of amides is 1. The van der Waals surface area contributed by atoms with E-state index in [1.807, 2.05) is 25.1 Å². The van der Waals surface area contributed by atoms with Gasteiger partial charge in [-0.1, -0.05) is 56.5 Å². The second-order valence-electron chi connectivity index (χ2n) is 10.2. The molecule has 0 saturated carbocycles. The van der Waals surface area contributed by atoms with Crippen LogP contribution < -0.4 is 5.32 Å². The molecule has 0 fully saturated rings. The highest BCUT2D eigenvalue weighted by Gasteiger charge is 2.30. The minimum Gasteiger partial charge on any atom is -0.467 e. The number of esters is 2. The molecule has 0 heterocycles. The first-order valence-corrected chi connectivity index (χ1v) is 12.7. The number of nitrogens with one attached hydrogen (secondary N) is 1. The van der Waals surface area contributed by atoms with E-state index < -0.39 is 23.7 Å². The lowest BCUT2D eigenvalue weighted by atomic mass is 9.77. The maximum atomic E-state index is 12.3. The Hall–Kier alpha value is -2.57. The molecule has 1 amide bonds. The van der Waals surface area contributed by atoms with E-state index in [0.29, 0.717) is 12.8 Å². The summed E-state index contributed by atoms with van der Waals surface area (Å²) < 4.78 is 15.8. The Kier molecular flexibility index (Phi) is 13.4. The summed E-state index contributed by atoms with van der Waals surface area (Å²) in [4.78, 5) is 36.3. The van der Waals surface area contributed by atoms with E-state index in [1.54, 1.807) is 20.8 Å². The molecule has 4 unspecified atom stereocenters. The van der Waals surface area contributed by atoms with Crippen molar-refractivity contribution >= 4 is 18.0 Å². The molecule has 7 heteroatoms. The summed E-state index contributed by atoms with van der Waals surface area (Å²) in [7, 11) is 1.31. The number of ether oxygens (including phenoxy) is 3. The lowest BCUT2D eigenvalue weighted by Gasteiger charge is -2.32. The molecule has 1 aromatic rings. The van der Waals surface area contributed by atoms with Crippen LogP contribution in [0.2, 0.25) is 0 Å². The van der Waals surface area contributed by atoms with Crippen LogP contribution in [0.1, 0.15) is 85.6 Å². The van der Waals surface area contributed by atoms with Crippen LogP contribution in [0.25, 0.3) is 0 Å². The Balaban J connectivity index is 2.99. The maximum absolute atomic E-state index is 12.3. The third-order valence-electron chi connectivity index (χ3n) is 6.04. The number of hydrogen-bond acceptors (Lipinski definition) is 6. The quantitative estimate of drug-likeness (QED) is 0.260. The molecule has 0 saturated heterocycles. The topological polar surface area (TPSA) is 90.9 Å². The van der Waals surface area contributed by atoms with Gasteiger partial charge in [-0.15, -0.1) is 0 Å². The minimum atomic E-state index is -0.785. The van der Waals surface area contributed by atoms with Crippen LogP contribution in [0.15, 0.2) is 30.3 Å². The number of unbranched alkanes of at least 4 members (excludes halogenated alkanes) is 1. The van der Waals surface area contributed by atoms with Gasteiger partial charge in [-0.25, -0.2) is 9.59 Å². The van der Waals surface area contributed by atoms with E-state index in [9.17, 15) is 14.4 Å². The summed E-state index contributed by atoms with van der Waals surface area (Å²) in [6, 6.07) is 9.50. The molecule has 198 valence electrons. The predicted molar refractivity (Wildman–Crippen MR) is 137 cm³/mol. The van der Waals surface area contributed by atoms with Gasteiger partial charge in [0.2, 0.25) is 0 Å². The third kappa shape index (κ3) is 12.6. The maximum Gasteiger partial charge on any atom is 0.408 e. The summed E-state index contributed by atoms with van der Waals surface area (Å²) in [5, 5.41) is 2.66. The molecule has 1 N–H and O–H groups in total. The Labute approximate surface area is 211 Å². The van der Waals surface area contributed by atoms with Crippen LogP contribution in [0, 0.1) is 11.8 Å². The molecule has 0 spiro atoms. The lowest BCUT2D eigenvalue weighted by molar-refractivity contribution is -0.149. The third-order valence-corrected chi connectivity index (χ3v) is 6.04. The number of alkyl carbamates (subject to hydrolysis) is 1. The summed E-state index contributed by atoms with van der Waals surface area (Å²) in [6.07, 6.45) is 5.02. The fraction of sp³-hybridized carbons (Fsp3) is 0.679. The zero-order valence-electron chi connectivity index (χ0n) is 22.6. The SMILES string of the molecule is CCCCC(C(CCCC(NC(=O)OC(C)(C)C)C(=O)OC)Cc1ccccc1)C(C)OC(C)=O. The molecule has 0 bridgehead atoms. The van der Waals surface area contributed by atoms with Crippen LogP contribution in [-0.4, -0.2) is 42.9 Å². The van der Waals surface area contributed by atoms with Gasteiger partial charge in [-0.2, -0.15) is 0 Å². The average molecular weight is 492 g/mol. The van der Waals surface area contributed by atoms with Crippen molar-refractivity contribution in [3.63, 3.8) is 0 Å². The van der Waals surface area contributed by atoms with E-state index in [-0.39, 0.29) is 23.9 Å². The van der Waals surface area contributed by atoms with Gasteiger partial charge in [0, 0.05) is 6.92 Å². The van der Waals surface area contributed by atoms with Crippen molar-refractivity contribution in [2.24, 2.45) is 11.8 Å². The Morgan fingerprint density at radius 1 is 1.00 bits per heavy atom. The fourth-order valence-electron chi connectivity index (χ4n) is 4.45. The van der Waals surface area contributed by atoms with E-state index in [0.717, 1.165) is 32.1 Å². The van der Waals surface area contributed by atoms with Gasteiger partial charge in [0.1, 0.15) is 17.7 Å². The van der Waals surface area contributed by atoms with Crippen LogP contribution in [0.3, 0.4) is 0 Å². The Morgan fingerprint density at radius 3 is 2.20 bits per heavy atom. The first-order chi connectivity index (χ1) is 16.5. The Bertz CT molecular complexity index is 773. The standard InChI is InChI=1S/C28H45NO6/c1-8-9-17-24(20(2)34-21(3)30)23(19-22-14-11-10-12-15-22)16-13-18-25(26(31)33-7)29-27(32)35-28(4,5)6/h10-12,14-15,20,23-25H,8-9,13,16-19H2,1-7H3,(H,29,32). The number of hydrogen-bond donors (Lipinski definition) is 1. The number of methoxy groups -OCH3 is 1. The van der Waals surface area contributed by atoms with E-state index in [2.05, 4.69) is 24.4 Å². The van der Waals surface area contributed by atoms with Crippen molar-refractivity contribution in [3.8, 4) is 0 Å². The zero-order chi connectivity index (χ0) is 26.4. The van der Waals surface area contributed by atoms with Crippen molar-refractivity contribution in [2.75, 3.05) is 7.11 Å². The van der Waals surface area contributed by atoms with Gasteiger partial charge in [0.05, 0.1) is 7.11 Å². The van der Waals surface area contributed by atoms with E-state index >= 15 is 0 Å². The molecule has 0 aliphatic heterocycles. The van der Waals surface area contributed by atoms with Crippen LogP contribution in [0.5, 0.6) is 0 Å². The molecule has 1 aromatic carbocycles. The fourth-order valence-corrected chi connectivity index (χ4v) is 4.45. The van der Waals surface area contributed by atoms with Gasteiger partial charge in [0.25, 0.3) is 0 Å². The minimum absolute atomic E-state index is 0.189. The molecule has 0 aliphatic carbocycles. The molecule has 0 radical (unpaired) electrons. The van der Waals surface area contributed by atoms with Gasteiger partial charge in [-0.05, 0) is 70.8 Å². The Morgan fingerprint density at radius 2 is 1.66 bits per heavy atom. The molecule has 35 heavy (non-hydrogen) atoms. The number of carbonyl (C=O) groups excluding carboxylic acids is 3. The smallest absolute Gasteiger partial charge is 0.408 e.